The SMILES string of the molecule is O=C(O)c1ccc(/C=N\n2cnnc2-c2ccccc2)cc1. The molecular weight excluding hydrogens is 280 g/mol. The molecule has 108 valence electrons. The molecule has 2 aromatic carbocycles. The Hall–Kier alpha value is -3.28. The number of carboxylic acid groups (broad SMARTS) is 1. The van der Waals surface area contributed by atoms with Gasteiger partial charge in [-0.15, -0.1) is 10.2 Å². The van der Waals surface area contributed by atoms with Crippen LogP contribution in [0.15, 0.2) is 66.0 Å². The second-order valence-electron chi connectivity index (χ2n) is 4.54. The number of nitrogens with zero attached hydrogens (tertiary/aromatic N) is 4. The van der Waals surface area contributed by atoms with Crippen LogP contribution in [-0.2, 0) is 0 Å². The van der Waals surface area contributed by atoms with Crippen molar-refractivity contribution in [2.75, 3.05) is 0 Å². The maximum Gasteiger partial charge on any atom is 0.335 e. The molecule has 0 unspecified atom stereocenters. The highest BCUT2D eigenvalue weighted by Crippen LogP contribution is 2.15. The fraction of sp³-hybridized carbons (Fsp3) is 0. The highest BCUT2D eigenvalue weighted by Gasteiger charge is 2.05. The molecule has 3 rings (SSSR count). The second-order valence-corrected chi connectivity index (χ2v) is 4.54. The zero-order valence-electron chi connectivity index (χ0n) is 11.5. The zero-order valence-corrected chi connectivity index (χ0v) is 11.5. The Morgan fingerprint density at radius 1 is 1.09 bits per heavy atom. The van der Waals surface area contributed by atoms with Gasteiger partial charge in [-0.2, -0.15) is 9.78 Å². The van der Waals surface area contributed by atoms with Gasteiger partial charge in [0.15, 0.2) is 5.82 Å². The Balaban J connectivity index is 1.85. The molecule has 3 aromatic rings. The summed E-state index contributed by atoms with van der Waals surface area (Å²) >= 11 is 0. The average Bonchev–Trinajstić information content (AvgIpc) is 3.02. The van der Waals surface area contributed by atoms with Crippen LogP contribution in [0.25, 0.3) is 11.4 Å². The predicted octanol–water partition coefficient (Wildman–Crippen LogP) is 2.53. The lowest BCUT2D eigenvalue weighted by Crippen LogP contribution is -1.96. The zero-order chi connectivity index (χ0) is 15.4. The first-order valence-corrected chi connectivity index (χ1v) is 6.57. The molecule has 0 amide bonds. The van der Waals surface area contributed by atoms with Gasteiger partial charge in [-0.3, -0.25) is 0 Å². The quantitative estimate of drug-likeness (QED) is 0.749. The fourth-order valence-corrected chi connectivity index (χ4v) is 1.93. The van der Waals surface area contributed by atoms with Crippen LogP contribution in [0.4, 0.5) is 0 Å². The third-order valence-corrected chi connectivity index (χ3v) is 3.05. The summed E-state index contributed by atoms with van der Waals surface area (Å²) in [5.74, 6) is -0.312. The third-order valence-electron chi connectivity index (χ3n) is 3.05. The van der Waals surface area contributed by atoms with Crippen molar-refractivity contribution < 1.29 is 9.90 Å². The Labute approximate surface area is 126 Å². The number of aromatic nitrogens is 3. The number of carbonyl (C=O) groups is 1. The molecule has 0 aliphatic heterocycles. The molecule has 0 atom stereocenters. The molecule has 6 heteroatoms. The lowest BCUT2D eigenvalue weighted by atomic mass is 10.1. The van der Waals surface area contributed by atoms with E-state index in [0.29, 0.717) is 5.82 Å². The summed E-state index contributed by atoms with van der Waals surface area (Å²) in [6.07, 6.45) is 3.14. The highest BCUT2D eigenvalue weighted by atomic mass is 16.4. The van der Waals surface area contributed by atoms with Crippen LogP contribution in [0.5, 0.6) is 0 Å². The molecule has 0 radical (unpaired) electrons. The van der Waals surface area contributed by atoms with Crippen LogP contribution >= 0.6 is 0 Å². The number of rotatable bonds is 4. The maximum absolute atomic E-state index is 10.8. The van der Waals surface area contributed by atoms with Crippen LogP contribution < -0.4 is 0 Å². The largest absolute Gasteiger partial charge is 0.478 e. The molecule has 0 bridgehead atoms. The standard InChI is InChI=1S/C16H12N4O2/c21-16(22)14-8-6-12(7-9-14)10-18-20-11-17-19-15(20)13-4-2-1-3-5-13/h1-11H,(H,21,22)/b18-10-. The van der Waals surface area contributed by atoms with Gasteiger partial charge in [-0.1, -0.05) is 42.5 Å². The van der Waals surface area contributed by atoms with Gasteiger partial charge in [0.05, 0.1) is 11.8 Å². The fourth-order valence-electron chi connectivity index (χ4n) is 1.93. The average molecular weight is 292 g/mol. The van der Waals surface area contributed by atoms with E-state index >= 15 is 0 Å². The van der Waals surface area contributed by atoms with Gasteiger partial charge in [0.2, 0.25) is 0 Å². The van der Waals surface area contributed by atoms with Crippen LogP contribution in [0.3, 0.4) is 0 Å². The van der Waals surface area contributed by atoms with Crippen molar-refractivity contribution >= 4 is 12.2 Å². The summed E-state index contributed by atoms with van der Waals surface area (Å²) in [5, 5.41) is 21.1. The van der Waals surface area contributed by atoms with Crippen LogP contribution in [-0.4, -0.2) is 32.2 Å². The summed E-state index contributed by atoms with van der Waals surface area (Å²) in [7, 11) is 0. The van der Waals surface area contributed by atoms with E-state index in [1.165, 1.54) is 18.5 Å². The first kappa shape index (κ1) is 13.7. The van der Waals surface area contributed by atoms with E-state index in [9.17, 15) is 4.79 Å². The highest BCUT2D eigenvalue weighted by molar-refractivity contribution is 5.89. The molecule has 0 saturated carbocycles. The molecule has 0 fully saturated rings. The number of benzene rings is 2. The van der Waals surface area contributed by atoms with E-state index in [0.717, 1.165) is 11.1 Å². The van der Waals surface area contributed by atoms with Crippen molar-refractivity contribution in [3.8, 4) is 11.4 Å². The summed E-state index contributed by atoms with van der Waals surface area (Å²) in [6.45, 7) is 0. The molecule has 0 spiro atoms. The maximum atomic E-state index is 10.8. The van der Waals surface area contributed by atoms with Crippen LogP contribution in [0.2, 0.25) is 0 Å². The third kappa shape index (κ3) is 2.90. The van der Waals surface area contributed by atoms with E-state index < -0.39 is 5.97 Å². The van der Waals surface area contributed by atoms with E-state index in [2.05, 4.69) is 15.3 Å². The molecule has 0 aliphatic carbocycles. The van der Waals surface area contributed by atoms with E-state index in [-0.39, 0.29) is 5.56 Å². The van der Waals surface area contributed by atoms with E-state index in [1.807, 2.05) is 30.3 Å². The minimum Gasteiger partial charge on any atom is -0.478 e. The van der Waals surface area contributed by atoms with E-state index in [4.69, 9.17) is 5.11 Å². The van der Waals surface area contributed by atoms with Crippen molar-refractivity contribution in [1.29, 1.82) is 0 Å². The first-order chi connectivity index (χ1) is 10.7. The molecule has 1 aromatic heterocycles. The van der Waals surface area contributed by atoms with Gasteiger partial charge in [0.25, 0.3) is 0 Å². The van der Waals surface area contributed by atoms with Gasteiger partial charge in [0.1, 0.15) is 6.33 Å². The number of carboxylic acids is 1. The summed E-state index contributed by atoms with van der Waals surface area (Å²) in [5.41, 5.74) is 1.95. The number of hydrogen-bond donors (Lipinski definition) is 1. The van der Waals surface area contributed by atoms with Gasteiger partial charge >= 0.3 is 5.97 Å². The Morgan fingerprint density at radius 2 is 1.82 bits per heavy atom. The van der Waals surface area contributed by atoms with Crippen molar-refractivity contribution in [3.05, 3.63) is 72.1 Å². The van der Waals surface area contributed by atoms with Crippen molar-refractivity contribution in [2.45, 2.75) is 0 Å². The van der Waals surface area contributed by atoms with Gasteiger partial charge < -0.3 is 5.11 Å². The minimum absolute atomic E-state index is 0.242. The second kappa shape index (κ2) is 6.01. The molecule has 1 N–H and O–H groups in total. The summed E-state index contributed by atoms with van der Waals surface area (Å²) in [6, 6.07) is 16.1. The first-order valence-electron chi connectivity index (χ1n) is 6.57. The minimum atomic E-state index is -0.950. The topological polar surface area (TPSA) is 80.4 Å². The van der Waals surface area contributed by atoms with Crippen molar-refractivity contribution in [1.82, 2.24) is 14.9 Å². The molecule has 22 heavy (non-hydrogen) atoms. The normalized spacial score (nSPS) is 10.9. The van der Waals surface area contributed by atoms with Gasteiger partial charge in [0, 0.05) is 5.56 Å². The Morgan fingerprint density at radius 3 is 2.50 bits per heavy atom. The lowest BCUT2D eigenvalue weighted by Gasteiger charge is -2.00. The molecule has 6 nitrogen and oxygen atoms in total. The Kier molecular flexibility index (Phi) is 3.74. The van der Waals surface area contributed by atoms with Crippen molar-refractivity contribution in [2.24, 2.45) is 5.10 Å². The Bertz CT molecular complexity index is 808. The van der Waals surface area contributed by atoms with Gasteiger partial charge in [-0.05, 0) is 17.7 Å². The molecule has 1 heterocycles. The number of aromatic carboxylic acids is 1. The van der Waals surface area contributed by atoms with Crippen molar-refractivity contribution in [3.63, 3.8) is 0 Å². The predicted molar refractivity (Wildman–Crippen MR) is 81.9 cm³/mol. The lowest BCUT2D eigenvalue weighted by molar-refractivity contribution is 0.0697. The van der Waals surface area contributed by atoms with Gasteiger partial charge in [-0.25, -0.2) is 4.79 Å². The molecule has 0 aliphatic rings. The van der Waals surface area contributed by atoms with Crippen LogP contribution in [0, 0.1) is 0 Å². The summed E-state index contributed by atoms with van der Waals surface area (Å²) in [4.78, 5) is 10.8. The number of hydrogen-bond acceptors (Lipinski definition) is 4. The van der Waals surface area contributed by atoms with Crippen LogP contribution in [0.1, 0.15) is 15.9 Å². The van der Waals surface area contributed by atoms with E-state index in [1.54, 1.807) is 23.0 Å². The monoisotopic (exact) mass is 292 g/mol. The summed E-state index contributed by atoms with van der Waals surface area (Å²) < 4.78 is 1.57. The smallest absolute Gasteiger partial charge is 0.335 e. The molecule has 0 saturated heterocycles. The molecular formula is C16H12N4O2.